The van der Waals surface area contributed by atoms with Crippen molar-refractivity contribution in [2.24, 2.45) is 0 Å². The molecule has 0 atom stereocenters. The summed E-state index contributed by atoms with van der Waals surface area (Å²) in [4.78, 5) is 15.2. The van der Waals surface area contributed by atoms with E-state index in [-0.39, 0.29) is 5.56 Å². The lowest BCUT2D eigenvalue weighted by atomic mass is 10.3. The van der Waals surface area contributed by atoms with Crippen LogP contribution in [0.4, 0.5) is 0 Å². The first-order valence-electron chi connectivity index (χ1n) is 5.29. The lowest BCUT2D eigenvalue weighted by molar-refractivity contribution is 0.369. The first kappa shape index (κ1) is 9.33. The maximum atomic E-state index is 11.4. The van der Waals surface area contributed by atoms with Gasteiger partial charge in [0.05, 0.1) is 18.4 Å². The number of rotatable bonds is 3. The van der Waals surface area contributed by atoms with Crippen LogP contribution < -0.4 is 5.56 Å². The highest BCUT2D eigenvalue weighted by Crippen LogP contribution is 2.39. The fraction of sp³-hybridized carbons (Fsp3) is 0.364. The average Bonchev–Trinajstić information content (AvgIpc) is 3.03. The van der Waals surface area contributed by atoms with Crippen LogP contribution in [0.25, 0.3) is 0 Å². The molecule has 0 amide bonds. The van der Waals surface area contributed by atoms with Gasteiger partial charge in [-0.3, -0.25) is 9.78 Å². The van der Waals surface area contributed by atoms with Crippen molar-refractivity contribution in [3.05, 3.63) is 46.5 Å². The van der Waals surface area contributed by atoms with Crippen molar-refractivity contribution < 1.29 is 4.52 Å². The first-order chi connectivity index (χ1) is 7.83. The first-order valence-corrected chi connectivity index (χ1v) is 5.29. The van der Waals surface area contributed by atoms with Crippen molar-refractivity contribution in [3.8, 4) is 0 Å². The summed E-state index contributed by atoms with van der Waals surface area (Å²) in [6.45, 7) is 0.418. The lowest BCUT2D eigenvalue weighted by Crippen LogP contribution is -2.18. The molecule has 0 aliphatic heterocycles. The molecule has 0 N–H and O–H groups in total. The summed E-state index contributed by atoms with van der Waals surface area (Å²) in [5.74, 6) is 1.29. The van der Waals surface area contributed by atoms with E-state index in [9.17, 15) is 4.79 Å². The molecule has 2 aromatic heterocycles. The minimum atomic E-state index is -0.133. The Balaban J connectivity index is 1.83. The van der Waals surface area contributed by atoms with Gasteiger partial charge in [-0.15, -0.1) is 0 Å². The molecule has 0 spiro atoms. The smallest absolute Gasteiger partial charge is 0.269 e. The summed E-state index contributed by atoms with van der Waals surface area (Å²) in [7, 11) is 0. The lowest BCUT2D eigenvalue weighted by Gasteiger charge is -1.99. The maximum Gasteiger partial charge on any atom is 0.269 e. The van der Waals surface area contributed by atoms with Gasteiger partial charge in [0.1, 0.15) is 0 Å². The molecule has 16 heavy (non-hydrogen) atoms. The second-order valence-electron chi connectivity index (χ2n) is 4.03. The molecule has 1 aliphatic carbocycles. The zero-order valence-corrected chi connectivity index (χ0v) is 8.67. The molecule has 5 nitrogen and oxygen atoms in total. The molecule has 2 heterocycles. The van der Waals surface area contributed by atoms with Crippen molar-refractivity contribution in [1.29, 1.82) is 0 Å². The van der Waals surface area contributed by atoms with Crippen molar-refractivity contribution in [1.82, 2.24) is 14.7 Å². The molecule has 1 aliphatic rings. The Labute approximate surface area is 91.7 Å². The molecule has 0 saturated heterocycles. The average molecular weight is 217 g/mol. The summed E-state index contributed by atoms with van der Waals surface area (Å²) < 4.78 is 6.74. The third-order valence-corrected chi connectivity index (χ3v) is 2.70. The SMILES string of the molecule is O=c1cnccn1Cc1cc(C2CC2)no1. The van der Waals surface area contributed by atoms with Crippen LogP contribution in [-0.4, -0.2) is 14.7 Å². The fourth-order valence-corrected chi connectivity index (χ4v) is 1.65. The van der Waals surface area contributed by atoms with E-state index in [4.69, 9.17) is 4.52 Å². The molecule has 5 heteroatoms. The Morgan fingerprint density at radius 1 is 1.50 bits per heavy atom. The normalized spacial score (nSPS) is 15.2. The topological polar surface area (TPSA) is 60.9 Å². The van der Waals surface area contributed by atoms with Crippen LogP contribution in [0.1, 0.15) is 30.2 Å². The molecule has 0 aromatic carbocycles. The molecule has 0 radical (unpaired) electrons. The Morgan fingerprint density at radius 2 is 2.38 bits per heavy atom. The predicted molar refractivity (Wildman–Crippen MR) is 56.1 cm³/mol. The summed E-state index contributed by atoms with van der Waals surface area (Å²) in [5.41, 5.74) is 0.879. The maximum absolute atomic E-state index is 11.4. The largest absolute Gasteiger partial charge is 0.359 e. The van der Waals surface area contributed by atoms with Gasteiger partial charge in [0.25, 0.3) is 5.56 Å². The van der Waals surface area contributed by atoms with Crippen LogP contribution in [0.2, 0.25) is 0 Å². The minimum Gasteiger partial charge on any atom is -0.359 e. The number of aromatic nitrogens is 3. The van der Waals surface area contributed by atoms with Gasteiger partial charge in [-0.05, 0) is 12.8 Å². The highest BCUT2D eigenvalue weighted by atomic mass is 16.5. The van der Waals surface area contributed by atoms with Crippen LogP contribution in [0.3, 0.4) is 0 Å². The second kappa shape index (κ2) is 3.59. The van der Waals surface area contributed by atoms with E-state index in [1.54, 1.807) is 17.0 Å². The van der Waals surface area contributed by atoms with Gasteiger partial charge < -0.3 is 9.09 Å². The van der Waals surface area contributed by atoms with Crippen LogP contribution >= 0.6 is 0 Å². The zero-order valence-electron chi connectivity index (χ0n) is 8.67. The fourth-order valence-electron chi connectivity index (χ4n) is 1.65. The van der Waals surface area contributed by atoms with E-state index < -0.39 is 0 Å². The second-order valence-corrected chi connectivity index (χ2v) is 4.03. The van der Waals surface area contributed by atoms with E-state index in [1.165, 1.54) is 19.0 Å². The molecular formula is C11H11N3O2. The van der Waals surface area contributed by atoms with E-state index >= 15 is 0 Å². The molecule has 1 saturated carbocycles. The van der Waals surface area contributed by atoms with E-state index in [0.717, 1.165) is 11.5 Å². The predicted octanol–water partition coefficient (Wildman–Crippen LogP) is 1.16. The van der Waals surface area contributed by atoms with Gasteiger partial charge in [-0.2, -0.15) is 0 Å². The highest BCUT2D eigenvalue weighted by Gasteiger charge is 2.27. The number of hydrogen-bond donors (Lipinski definition) is 0. The van der Waals surface area contributed by atoms with Crippen molar-refractivity contribution in [2.75, 3.05) is 0 Å². The van der Waals surface area contributed by atoms with E-state index in [1.807, 2.05) is 6.07 Å². The highest BCUT2D eigenvalue weighted by molar-refractivity contribution is 5.15. The summed E-state index contributed by atoms with van der Waals surface area (Å²) in [5, 5.41) is 4.00. The summed E-state index contributed by atoms with van der Waals surface area (Å²) in [6.07, 6.45) is 6.90. The Bertz CT molecular complexity index is 554. The van der Waals surface area contributed by atoms with Gasteiger partial charge >= 0.3 is 0 Å². The molecule has 0 bridgehead atoms. The van der Waals surface area contributed by atoms with Gasteiger partial charge in [0.15, 0.2) is 5.76 Å². The molecule has 3 rings (SSSR count). The third kappa shape index (κ3) is 1.76. The summed E-state index contributed by atoms with van der Waals surface area (Å²) in [6, 6.07) is 1.94. The minimum absolute atomic E-state index is 0.133. The van der Waals surface area contributed by atoms with E-state index in [2.05, 4.69) is 10.1 Å². The molecule has 0 unspecified atom stereocenters. The van der Waals surface area contributed by atoms with Crippen LogP contribution in [0, 0.1) is 0 Å². The van der Waals surface area contributed by atoms with Crippen LogP contribution in [0.5, 0.6) is 0 Å². The Morgan fingerprint density at radius 3 is 3.12 bits per heavy atom. The number of nitrogens with zero attached hydrogens (tertiary/aromatic N) is 3. The number of hydrogen-bond acceptors (Lipinski definition) is 4. The van der Waals surface area contributed by atoms with E-state index in [0.29, 0.717) is 12.5 Å². The Kier molecular flexibility index (Phi) is 2.09. The molecule has 1 fully saturated rings. The molecule has 82 valence electrons. The Hall–Kier alpha value is -1.91. The standard InChI is InChI=1S/C11H11N3O2/c15-11-6-12-3-4-14(11)7-9-5-10(13-16-9)8-1-2-8/h3-6,8H,1-2,7H2. The molecule has 2 aromatic rings. The molecular weight excluding hydrogens is 206 g/mol. The van der Waals surface area contributed by atoms with Gasteiger partial charge in [-0.1, -0.05) is 5.16 Å². The third-order valence-electron chi connectivity index (χ3n) is 2.70. The monoisotopic (exact) mass is 217 g/mol. The van der Waals surface area contributed by atoms with Crippen LogP contribution in [0.15, 0.2) is 34.0 Å². The quantitative estimate of drug-likeness (QED) is 0.773. The van der Waals surface area contributed by atoms with Gasteiger partial charge in [-0.25, -0.2) is 0 Å². The van der Waals surface area contributed by atoms with Gasteiger partial charge in [0.2, 0.25) is 0 Å². The summed E-state index contributed by atoms with van der Waals surface area (Å²) >= 11 is 0. The van der Waals surface area contributed by atoms with Crippen molar-refractivity contribution >= 4 is 0 Å². The van der Waals surface area contributed by atoms with Crippen LogP contribution in [-0.2, 0) is 6.54 Å². The van der Waals surface area contributed by atoms with Crippen molar-refractivity contribution in [2.45, 2.75) is 25.3 Å². The van der Waals surface area contributed by atoms with Gasteiger partial charge in [0, 0.05) is 24.4 Å². The zero-order chi connectivity index (χ0) is 11.0. The van der Waals surface area contributed by atoms with Crippen molar-refractivity contribution in [3.63, 3.8) is 0 Å².